The van der Waals surface area contributed by atoms with Crippen LogP contribution in [0.2, 0.25) is 0 Å². The minimum Gasteiger partial charge on any atom is -0.325 e. The van der Waals surface area contributed by atoms with Gasteiger partial charge in [-0.3, -0.25) is 4.79 Å². The van der Waals surface area contributed by atoms with Gasteiger partial charge in [-0.2, -0.15) is 0 Å². The van der Waals surface area contributed by atoms with Crippen molar-refractivity contribution in [2.45, 2.75) is 77.7 Å². The van der Waals surface area contributed by atoms with E-state index in [4.69, 9.17) is 5.73 Å². The number of hydrogen-bond donors (Lipinski definition) is 1. The molecule has 94 valence electrons. The van der Waals surface area contributed by atoms with Gasteiger partial charge in [-0.15, -0.1) is 0 Å². The normalized spacial score (nSPS) is 20.8. The van der Waals surface area contributed by atoms with Gasteiger partial charge in [0, 0.05) is 18.4 Å². The number of nitrogens with two attached hydrogens (primary N) is 1. The molecule has 0 saturated heterocycles. The Labute approximate surface area is 100.0 Å². The Balaban J connectivity index is 2.33. The lowest BCUT2D eigenvalue weighted by atomic mass is 9.78. The lowest BCUT2D eigenvalue weighted by molar-refractivity contribution is -0.121. The highest BCUT2D eigenvalue weighted by atomic mass is 16.1. The van der Waals surface area contributed by atoms with Crippen LogP contribution in [-0.2, 0) is 4.79 Å². The Hall–Kier alpha value is -0.370. The smallest absolute Gasteiger partial charge is 0.134 e. The zero-order valence-corrected chi connectivity index (χ0v) is 11.1. The summed E-state index contributed by atoms with van der Waals surface area (Å²) in [5.74, 6) is 0.360. The lowest BCUT2D eigenvalue weighted by Crippen LogP contribution is -2.43. The van der Waals surface area contributed by atoms with Crippen molar-refractivity contribution in [3.63, 3.8) is 0 Å². The second kappa shape index (κ2) is 5.31. The van der Waals surface area contributed by atoms with Gasteiger partial charge in [0.25, 0.3) is 0 Å². The van der Waals surface area contributed by atoms with E-state index in [0.717, 1.165) is 19.3 Å². The molecule has 0 aromatic carbocycles. The highest BCUT2D eigenvalue weighted by molar-refractivity contribution is 5.79. The lowest BCUT2D eigenvalue weighted by Gasteiger charge is -2.33. The SMILES string of the molecule is CC(C)(C)CCC(=O)CC1(N)CCCCC1. The third-order valence-corrected chi connectivity index (χ3v) is 3.55. The molecule has 1 fully saturated rings. The van der Waals surface area contributed by atoms with Gasteiger partial charge >= 0.3 is 0 Å². The Morgan fingerprint density at radius 2 is 1.75 bits per heavy atom. The number of rotatable bonds is 4. The summed E-state index contributed by atoms with van der Waals surface area (Å²) in [5.41, 5.74) is 6.36. The number of Topliss-reactive ketones (excluding diaryl/α,β-unsaturated/α-hetero) is 1. The topological polar surface area (TPSA) is 43.1 Å². The summed E-state index contributed by atoms with van der Waals surface area (Å²) in [6.45, 7) is 6.54. The second-order valence-electron chi connectivity index (χ2n) is 6.70. The molecule has 0 unspecified atom stereocenters. The molecular formula is C14H27NO. The van der Waals surface area contributed by atoms with Gasteiger partial charge in [-0.1, -0.05) is 40.0 Å². The van der Waals surface area contributed by atoms with Gasteiger partial charge < -0.3 is 5.73 Å². The molecule has 0 spiro atoms. The molecule has 2 heteroatoms. The van der Waals surface area contributed by atoms with Crippen molar-refractivity contribution in [2.24, 2.45) is 11.1 Å². The molecule has 0 radical (unpaired) electrons. The van der Waals surface area contributed by atoms with E-state index in [1.54, 1.807) is 0 Å². The second-order valence-corrected chi connectivity index (χ2v) is 6.70. The van der Waals surface area contributed by atoms with Crippen molar-refractivity contribution in [3.05, 3.63) is 0 Å². The van der Waals surface area contributed by atoms with E-state index in [-0.39, 0.29) is 11.0 Å². The Kier molecular flexibility index (Phi) is 4.54. The highest BCUT2D eigenvalue weighted by Crippen LogP contribution is 2.30. The van der Waals surface area contributed by atoms with E-state index in [0.29, 0.717) is 18.6 Å². The van der Waals surface area contributed by atoms with Crippen molar-refractivity contribution >= 4 is 5.78 Å². The van der Waals surface area contributed by atoms with Crippen LogP contribution in [0.5, 0.6) is 0 Å². The molecule has 0 aromatic heterocycles. The van der Waals surface area contributed by atoms with Crippen molar-refractivity contribution in [3.8, 4) is 0 Å². The third-order valence-electron chi connectivity index (χ3n) is 3.55. The van der Waals surface area contributed by atoms with E-state index in [2.05, 4.69) is 20.8 Å². The molecule has 0 aliphatic heterocycles. The molecule has 0 bridgehead atoms. The first-order valence-corrected chi connectivity index (χ1v) is 6.61. The summed E-state index contributed by atoms with van der Waals surface area (Å²) in [5, 5.41) is 0. The largest absolute Gasteiger partial charge is 0.325 e. The van der Waals surface area contributed by atoms with Crippen LogP contribution in [0.4, 0.5) is 0 Å². The zero-order valence-electron chi connectivity index (χ0n) is 11.1. The predicted octanol–water partition coefficient (Wildman–Crippen LogP) is 3.43. The fourth-order valence-corrected chi connectivity index (χ4v) is 2.43. The fraction of sp³-hybridized carbons (Fsp3) is 0.929. The van der Waals surface area contributed by atoms with Gasteiger partial charge in [0.05, 0.1) is 0 Å². The van der Waals surface area contributed by atoms with E-state index in [1.807, 2.05) is 0 Å². The molecular weight excluding hydrogens is 198 g/mol. The average Bonchev–Trinajstić information content (AvgIpc) is 2.14. The quantitative estimate of drug-likeness (QED) is 0.796. The summed E-state index contributed by atoms with van der Waals surface area (Å²) in [6, 6.07) is 0. The number of carbonyl (C=O) groups is 1. The summed E-state index contributed by atoms with van der Waals surface area (Å²) < 4.78 is 0. The summed E-state index contributed by atoms with van der Waals surface area (Å²) >= 11 is 0. The van der Waals surface area contributed by atoms with E-state index >= 15 is 0 Å². The van der Waals surface area contributed by atoms with Crippen LogP contribution in [0.1, 0.15) is 72.1 Å². The van der Waals surface area contributed by atoms with Crippen molar-refractivity contribution in [1.82, 2.24) is 0 Å². The van der Waals surface area contributed by atoms with Crippen LogP contribution >= 0.6 is 0 Å². The van der Waals surface area contributed by atoms with Crippen LogP contribution in [0, 0.1) is 5.41 Å². The summed E-state index contributed by atoms with van der Waals surface area (Å²) in [7, 11) is 0. The van der Waals surface area contributed by atoms with Crippen molar-refractivity contribution < 1.29 is 4.79 Å². The number of hydrogen-bond acceptors (Lipinski definition) is 2. The molecule has 0 atom stereocenters. The van der Waals surface area contributed by atoms with Crippen molar-refractivity contribution in [1.29, 1.82) is 0 Å². The third kappa shape index (κ3) is 5.11. The maximum absolute atomic E-state index is 11.9. The minimum atomic E-state index is -0.173. The standard InChI is InChI=1S/C14H27NO/c1-13(2,3)10-7-12(16)11-14(15)8-5-4-6-9-14/h4-11,15H2,1-3H3. The number of carbonyl (C=O) groups excluding carboxylic acids is 1. The molecule has 1 rings (SSSR count). The maximum atomic E-state index is 11.9. The Bertz CT molecular complexity index is 234. The van der Waals surface area contributed by atoms with E-state index in [1.165, 1.54) is 19.3 Å². The molecule has 1 saturated carbocycles. The molecule has 2 nitrogen and oxygen atoms in total. The average molecular weight is 225 g/mol. The van der Waals surface area contributed by atoms with E-state index < -0.39 is 0 Å². The molecule has 2 N–H and O–H groups in total. The first-order valence-electron chi connectivity index (χ1n) is 6.61. The Morgan fingerprint density at radius 3 is 2.25 bits per heavy atom. The highest BCUT2D eigenvalue weighted by Gasteiger charge is 2.29. The molecule has 1 aliphatic rings. The van der Waals surface area contributed by atoms with Gasteiger partial charge in [-0.05, 0) is 24.7 Å². The van der Waals surface area contributed by atoms with Crippen molar-refractivity contribution in [2.75, 3.05) is 0 Å². The molecule has 1 aliphatic carbocycles. The van der Waals surface area contributed by atoms with Gasteiger partial charge in [0.1, 0.15) is 5.78 Å². The first-order chi connectivity index (χ1) is 7.31. The van der Waals surface area contributed by atoms with Gasteiger partial charge in [-0.25, -0.2) is 0 Å². The monoisotopic (exact) mass is 225 g/mol. The summed E-state index contributed by atoms with van der Waals surface area (Å²) in [4.78, 5) is 11.9. The number of ketones is 1. The molecule has 0 aromatic rings. The van der Waals surface area contributed by atoms with E-state index in [9.17, 15) is 4.79 Å². The predicted molar refractivity (Wildman–Crippen MR) is 68.3 cm³/mol. The van der Waals surface area contributed by atoms with Crippen LogP contribution in [-0.4, -0.2) is 11.3 Å². The maximum Gasteiger partial charge on any atom is 0.134 e. The fourth-order valence-electron chi connectivity index (χ4n) is 2.43. The van der Waals surface area contributed by atoms with Gasteiger partial charge in [0.15, 0.2) is 0 Å². The molecule has 0 amide bonds. The van der Waals surface area contributed by atoms with Crippen LogP contribution < -0.4 is 5.73 Å². The minimum absolute atomic E-state index is 0.173. The summed E-state index contributed by atoms with van der Waals surface area (Å²) in [6.07, 6.45) is 8.02. The molecule has 16 heavy (non-hydrogen) atoms. The van der Waals surface area contributed by atoms with Crippen LogP contribution in [0.25, 0.3) is 0 Å². The van der Waals surface area contributed by atoms with Crippen LogP contribution in [0.3, 0.4) is 0 Å². The van der Waals surface area contributed by atoms with Crippen LogP contribution in [0.15, 0.2) is 0 Å². The Morgan fingerprint density at radius 1 is 1.19 bits per heavy atom. The van der Waals surface area contributed by atoms with Gasteiger partial charge in [0.2, 0.25) is 0 Å². The molecule has 0 heterocycles. The zero-order chi connectivity index (χ0) is 12.2. The first kappa shape index (κ1) is 13.7.